The largest absolute Gasteiger partial charge is 0.206 e. The lowest BCUT2D eigenvalue weighted by atomic mass is 10.1. The molecule has 0 aliphatic carbocycles. The van der Waals surface area contributed by atoms with Gasteiger partial charge in [-0.3, -0.25) is 0 Å². The number of hydrogen-bond acceptors (Lipinski definition) is 0. The fourth-order valence-electron chi connectivity index (χ4n) is 1.40. The molecule has 0 unspecified atom stereocenters. The summed E-state index contributed by atoms with van der Waals surface area (Å²) in [6.07, 6.45) is 3.13. The number of benzene rings is 2. The van der Waals surface area contributed by atoms with Crippen molar-refractivity contribution in [2.75, 3.05) is 0 Å². The van der Waals surface area contributed by atoms with E-state index in [4.69, 9.17) is 0 Å². The molecule has 0 amide bonds. The quantitative estimate of drug-likeness (QED) is 0.662. The Morgan fingerprint density at radius 3 is 1.38 bits per heavy atom. The molecule has 80 valence electrons. The average molecular weight is 216 g/mol. The molecule has 16 heavy (non-hydrogen) atoms. The standard InChI is InChI=1S/C14H10F2/c15-13-7-3-1-5-11(13)9-10-12-6-2-4-8-14(12)16/h1-10H. The fraction of sp³-hybridized carbons (Fsp3) is 0. The normalized spacial score (nSPS) is 10.9. The van der Waals surface area contributed by atoms with E-state index in [0.29, 0.717) is 11.1 Å². The summed E-state index contributed by atoms with van der Waals surface area (Å²) < 4.78 is 26.5. The highest BCUT2D eigenvalue weighted by Gasteiger charge is 1.97. The Morgan fingerprint density at radius 2 is 1.00 bits per heavy atom. The molecule has 2 aromatic carbocycles. The Balaban J connectivity index is 2.29. The fourth-order valence-corrected chi connectivity index (χ4v) is 1.40. The highest BCUT2D eigenvalue weighted by molar-refractivity contribution is 5.69. The monoisotopic (exact) mass is 216 g/mol. The van der Waals surface area contributed by atoms with Crippen LogP contribution in [0.2, 0.25) is 0 Å². The predicted octanol–water partition coefficient (Wildman–Crippen LogP) is 4.14. The summed E-state index contributed by atoms with van der Waals surface area (Å²) in [4.78, 5) is 0. The lowest BCUT2D eigenvalue weighted by molar-refractivity contribution is 0.623. The third kappa shape index (κ3) is 2.34. The molecule has 0 nitrogen and oxygen atoms in total. The Labute approximate surface area is 92.9 Å². The molecule has 2 aromatic rings. The van der Waals surface area contributed by atoms with E-state index in [9.17, 15) is 8.78 Å². The van der Waals surface area contributed by atoms with E-state index >= 15 is 0 Å². The van der Waals surface area contributed by atoms with Gasteiger partial charge in [0.2, 0.25) is 0 Å². The Morgan fingerprint density at radius 1 is 0.625 bits per heavy atom. The SMILES string of the molecule is Fc1ccccc1C=Cc1ccccc1F. The highest BCUT2D eigenvalue weighted by Crippen LogP contribution is 2.13. The number of hydrogen-bond donors (Lipinski definition) is 0. The van der Waals surface area contributed by atoms with Crippen molar-refractivity contribution in [3.63, 3.8) is 0 Å². The Hall–Kier alpha value is -1.96. The molecule has 0 fully saturated rings. The smallest absolute Gasteiger partial charge is 0.130 e. The van der Waals surface area contributed by atoms with Crippen LogP contribution in [0.4, 0.5) is 8.78 Å². The summed E-state index contributed by atoms with van der Waals surface area (Å²) in [5.74, 6) is -0.620. The summed E-state index contributed by atoms with van der Waals surface area (Å²) in [5, 5.41) is 0. The van der Waals surface area contributed by atoms with E-state index in [-0.39, 0.29) is 11.6 Å². The zero-order valence-corrected chi connectivity index (χ0v) is 8.53. The van der Waals surface area contributed by atoms with Crippen LogP contribution in [0.1, 0.15) is 11.1 Å². The molecule has 0 radical (unpaired) electrons. The molecular formula is C14H10F2. The van der Waals surface area contributed by atoms with E-state index in [1.807, 2.05) is 0 Å². The summed E-state index contributed by atoms with van der Waals surface area (Å²) >= 11 is 0. The van der Waals surface area contributed by atoms with Crippen molar-refractivity contribution >= 4 is 12.2 Å². The molecule has 0 aromatic heterocycles. The molecule has 0 spiro atoms. The molecule has 0 saturated carbocycles. The summed E-state index contributed by atoms with van der Waals surface area (Å²) in [5.41, 5.74) is 0.900. The van der Waals surface area contributed by atoms with Gasteiger partial charge in [0.25, 0.3) is 0 Å². The van der Waals surface area contributed by atoms with Gasteiger partial charge in [-0.05, 0) is 12.1 Å². The van der Waals surface area contributed by atoms with Gasteiger partial charge in [-0.25, -0.2) is 8.78 Å². The van der Waals surface area contributed by atoms with Crippen molar-refractivity contribution < 1.29 is 8.78 Å². The zero-order chi connectivity index (χ0) is 11.4. The molecule has 2 rings (SSSR count). The number of halogens is 2. The van der Waals surface area contributed by atoms with Gasteiger partial charge in [-0.1, -0.05) is 48.6 Å². The maximum atomic E-state index is 13.2. The van der Waals surface area contributed by atoms with Crippen molar-refractivity contribution in [1.29, 1.82) is 0 Å². The third-order valence-electron chi connectivity index (χ3n) is 2.25. The first-order chi connectivity index (χ1) is 7.77. The Bertz CT molecular complexity index is 468. The zero-order valence-electron chi connectivity index (χ0n) is 8.53. The lowest BCUT2D eigenvalue weighted by Gasteiger charge is -1.97. The first kappa shape index (κ1) is 10.6. The van der Waals surface area contributed by atoms with Crippen LogP contribution in [0, 0.1) is 11.6 Å². The van der Waals surface area contributed by atoms with Crippen molar-refractivity contribution in [3.05, 3.63) is 71.3 Å². The van der Waals surface area contributed by atoms with Gasteiger partial charge in [-0.2, -0.15) is 0 Å². The van der Waals surface area contributed by atoms with E-state index in [2.05, 4.69) is 0 Å². The van der Waals surface area contributed by atoms with E-state index in [1.165, 1.54) is 12.1 Å². The molecule has 0 N–H and O–H groups in total. The minimum atomic E-state index is -0.310. The first-order valence-electron chi connectivity index (χ1n) is 4.94. The maximum Gasteiger partial charge on any atom is 0.130 e. The molecule has 2 heteroatoms. The van der Waals surface area contributed by atoms with Crippen LogP contribution in [0.25, 0.3) is 12.2 Å². The lowest BCUT2D eigenvalue weighted by Crippen LogP contribution is -1.81. The minimum Gasteiger partial charge on any atom is -0.206 e. The van der Waals surface area contributed by atoms with Gasteiger partial charge in [0.15, 0.2) is 0 Å². The summed E-state index contributed by atoms with van der Waals surface area (Å²) in [6, 6.07) is 12.8. The third-order valence-corrected chi connectivity index (χ3v) is 2.25. The van der Waals surface area contributed by atoms with Crippen molar-refractivity contribution in [2.24, 2.45) is 0 Å². The van der Waals surface area contributed by atoms with E-state index in [0.717, 1.165) is 0 Å². The second-order valence-corrected chi connectivity index (χ2v) is 3.38. The van der Waals surface area contributed by atoms with Gasteiger partial charge in [0.05, 0.1) is 0 Å². The van der Waals surface area contributed by atoms with Crippen LogP contribution in [-0.4, -0.2) is 0 Å². The minimum absolute atomic E-state index is 0.310. The second kappa shape index (κ2) is 4.71. The topological polar surface area (TPSA) is 0 Å². The maximum absolute atomic E-state index is 13.2. The van der Waals surface area contributed by atoms with Crippen LogP contribution >= 0.6 is 0 Å². The van der Waals surface area contributed by atoms with Gasteiger partial charge >= 0.3 is 0 Å². The summed E-state index contributed by atoms with van der Waals surface area (Å²) in [6.45, 7) is 0. The molecule has 0 aliphatic rings. The molecule has 0 heterocycles. The molecule has 0 atom stereocenters. The van der Waals surface area contributed by atoms with Crippen molar-refractivity contribution in [3.8, 4) is 0 Å². The van der Waals surface area contributed by atoms with Crippen LogP contribution in [0.5, 0.6) is 0 Å². The predicted molar refractivity (Wildman–Crippen MR) is 61.7 cm³/mol. The second-order valence-electron chi connectivity index (χ2n) is 3.38. The van der Waals surface area contributed by atoms with E-state index < -0.39 is 0 Å². The molecular weight excluding hydrogens is 206 g/mol. The summed E-state index contributed by atoms with van der Waals surface area (Å²) in [7, 11) is 0. The van der Waals surface area contributed by atoms with Crippen molar-refractivity contribution in [2.45, 2.75) is 0 Å². The van der Waals surface area contributed by atoms with Gasteiger partial charge < -0.3 is 0 Å². The first-order valence-corrected chi connectivity index (χ1v) is 4.94. The molecule has 0 aliphatic heterocycles. The van der Waals surface area contributed by atoms with Gasteiger partial charge in [0, 0.05) is 11.1 Å². The van der Waals surface area contributed by atoms with Crippen LogP contribution in [0.15, 0.2) is 48.5 Å². The van der Waals surface area contributed by atoms with Crippen molar-refractivity contribution in [1.82, 2.24) is 0 Å². The van der Waals surface area contributed by atoms with E-state index in [1.54, 1.807) is 48.6 Å². The van der Waals surface area contributed by atoms with Gasteiger partial charge in [0.1, 0.15) is 11.6 Å². The van der Waals surface area contributed by atoms with Gasteiger partial charge in [-0.15, -0.1) is 0 Å². The Kier molecular flexibility index (Phi) is 3.10. The highest BCUT2D eigenvalue weighted by atomic mass is 19.1. The molecule has 0 bridgehead atoms. The van der Waals surface area contributed by atoms with Crippen LogP contribution < -0.4 is 0 Å². The van der Waals surface area contributed by atoms with Crippen LogP contribution in [0.3, 0.4) is 0 Å². The van der Waals surface area contributed by atoms with Crippen LogP contribution in [-0.2, 0) is 0 Å². The molecule has 0 saturated heterocycles. The average Bonchev–Trinajstić information content (AvgIpc) is 2.30. The number of rotatable bonds is 2.